The molecule has 1 aliphatic heterocycles. The number of ketones is 1. The number of nitrogens with zero attached hydrogens (tertiary/aromatic N) is 3. The molecule has 0 aliphatic carbocycles. The van der Waals surface area contributed by atoms with Crippen molar-refractivity contribution in [3.8, 4) is 0 Å². The minimum Gasteiger partial charge on any atom is -0.369 e. The van der Waals surface area contributed by atoms with E-state index in [2.05, 4.69) is 53.2 Å². The Bertz CT molecular complexity index is 1200. The first-order valence-electron chi connectivity index (χ1n) is 11.1. The maximum Gasteiger partial charge on any atom is 0.211 e. The van der Waals surface area contributed by atoms with Crippen molar-refractivity contribution in [2.24, 2.45) is 0 Å². The number of rotatable bonds is 7. The van der Waals surface area contributed by atoms with Crippen molar-refractivity contribution < 1.29 is 13.2 Å². The number of Topliss-reactive ketones (excluding diaryl/α,β-unsaturated/α-hetero) is 1. The summed E-state index contributed by atoms with van der Waals surface area (Å²) in [6.07, 6.45) is 4.93. The maximum absolute atomic E-state index is 13.0. The van der Waals surface area contributed by atoms with Crippen molar-refractivity contribution in [2.75, 3.05) is 37.3 Å². The number of piperazine rings is 1. The molecule has 2 heterocycles. The second-order valence-electron chi connectivity index (χ2n) is 8.51. The lowest BCUT2D eigenvalue weighted by molar-refractivity contribution is 0.0977. The molecule has 0 N–H and O–H groups in total. The van der Waals surface area contributed by atoms with Gasteiger partial charge in [-0.3, -0.25) is 9.78 Å². The van der Waals surface area contributed by atoms with Crippen LogP contribution >= 0.6 is 0 Å². The predicted octanol–water partition coefficient (Wildman–Crippen LogP) is 3.88. The third-order valence-corrected chi connectivity index (χ3v) is 7.63. The summed E-state index contributed by atoms with van der Waals surface area (Å²) in [5, 5.41) is 0. The van der Waals surface area contributed by atoms with Gasteiger partial charge in [0.15, 0.2) is 5.78 Å². The van der Waals surface area contributed by atoms with Crippen LogP contribution in [-0.2, 0) is 10.0 Å². The molecule has 7 heteroatoms. The summed E-state index contributed by atoms with van der Waals surface area (Å²) in [5.41, 5.74) is 5.13. The van der Waals surface area contributed by atoms with Gasteiger partial charge in [-0.1, -0.05) is 36.4 Å². The Balaban J connectivity index is 1.56. The average Bonchev–Trinajstić information content (AvgIpc) is 2.83. The van der Waals surface area contributed by atoms with E-state index in [4.69, 9.17) is 0 Å². The fourth-order valence-electron chi connectivity index (χ4n) is 4.42. The van der Waals surface area contributed by atoms with E-state index < -0.39 is 10.0 Å². The summed E-state index contributed by atoms with van der Waals surface area (Å²) < 4.78 is 25.1. The molecule has 1 unspecified atom stereocenters. The van der Waals surface area contributed by atoms with E-state index in [1.807, 2.05) is 12.1 Å². The van der Waals surface area contributed by atoms with Crippen LogP contribution in [0.15, 0.2) is 73.1 Å². The van der Waals surface area contributed by atoms with Gasteiger partial charge in [0, 0.05) is 62.2 Å². The lowest BCUT2D eigenvalue weighted by Gasteiger charge is -2.35. The molecule has 33 heavy (non-hydrogen) atoms. The Morgan fingerprint density at radius 1 is 0.939 bits per heavy atom. The summed E-state index contributed by atoms with van der Waals surface area (Å²) in [6.45, 7) is 4.39. The van der Waals surface area contributed by atoms with E-state index in [0.717, 1.165) is 22.4 Å². The van der Waals surface area contributed by atoms with E-state index in [9.17, 15) is 13.2 Å². The molecule has 1 saturated heterocycles. The molecule has 3 aromatic rings. The van der Waals surface area contributed by atoms with Crippen molar-refractivity contribution in [3.63, 3.8) is 0 Å². The van der Waals surface area contributed by atoms with E-state index in [-0.39, 0.29) is 11.7 Å². The molecule has 1 aliphatic rings. The molecular weight excluding hydrogens is 434 g/mol. The standard InChI is InChI=1S/C26H29N3O3S/c1-20-5-3-4-6-24(20)25(19-26(30)22-11-13-27-14-12-22)21-7-9-23(10-8-21)28-15-17-29(18-16-28)33(2,31)32/h3-14,25H,15-19H2,1-2H3. The molecule has 1 fully saturated rings. The smallest absolute Gasteiger partial charge is 0.211 e. The summed E-state index contributed by atoms with van der Waals surface area (Å²) in [7, 11) is -3.15. The van der Waals surface area contributed by atoms with E-state index in [1.54, 1.807) is 24.5 Å². The van der Waals surface area contributed by atoms with Gasteiger partial charge in [0.2, 0.25) is 10.0 Å². The number of carbonyl (C=O) groups excluding carboxylic acids is 1. The zero-order valence-electron chi connectivity index (χ0n) is 19.0. The van der Waals surface area contributed by atoms with Crippen LogP contribution in [0.5, 0.6) is 0 Å². The topological polar surface area (TPSA) is 70.6 Å². The highest BCUT2D eigenvalue weighted by molar-refractivity contribution is 7.88. The second kappa shape index (κ2) is 9.85. The molecule has 6 nitrogen and oxygen atoms in total. The van der Waals surface area contributed by atoms with Crippen LogP contribution in [0.3, 0.4) is 0 Å². The molecule has 2 aromatic carbocycles. The number of aromatic nitrogens is 1. The summed E-state index contributed by atoms with van der Waals surface area (Å²) >= 11 is 0. The van der Waals surface area contributed by atoms with Crippen molar-refractivity contribution in [1.82, 2.24) is 9.29 Å². The first kappa shape index (κ1) is 23.1. The van der Waals surface area contributed by atoms with Crippen LogP contribution in [-0.4, -0.2) is 55.9 Å². The third kappa shape index (κ3) is 5.49. The molecule has 0 saturated carbocycles. The maximum atomic E-state index is 13.0. The van der Waals surface area contributed by atoms with Crippen molar-refractivity contribution in [1.29, 1.82) is 0 Å². The van der Waals surface area contributed by atoms with E-state index >= 15 is 0 Å². The Kier molecular flexibility index (Phi) is 6.91. The molecule has 172 valence electrons. The quantitative estimate of drug-likeness (QED) is 0.498. The molecule has 1 aromatic heterocycles. The Labute approximate surface area is 195 Å². The monoisotopic (exact) mass is 463 g/mol. The van der Waals surface area contributed by atoms with Gasteiger partial charge in [-0.15, -0.1) is 0 Å². The number of aryl methyl sites for hydroxylation is 1. The predicted molar refractivity (Wildman–Crippen MR) is 131 cm³/mol. The minimum atomic E-state index is -3.15. The number of hydrogen-bond donors (Lipinski definition) is 0. The fourth-order valence-corrected chi connectivity index (χ4v) is 5.25. The van der Waals surface area contributed by atoms with Gasteiger partial charge in [-0.25, -0.2) is 8.42 Å². The molecule has 0 amide bonds. The van der Waals surface area contributed by atoms with Crippen molar-refractivity contribution in [3.05, 3.63) is 95.3 Å². The molecule has 1 atom stereocenters. The van der Waals surface area contributed by atoms with Crippen molar-refractivity contribution >= 4 is 21.5 Å². The van der Waals surface area contributed by atoms with Crippen LogP contribution in [0.4, 0.5) is 5.69 Å². The SMILES string of the molecule is Cc1ccccc1C(CC(=O)c1ccncc1)c1ccc(N2CCN(S(C)(=O)=O)CC2)cc1. The summed E-state index contributed by atoms with van der Waals surface area (Å²) in [5.74, 6) is 0.0367. The van der Waals surface area contributed by atoms with E-state index in [1.165, 1.54) is 10.6 Å². The molecule has 0 bridgehead atoms. The molecular formula is C26H29N3O3S. The first-order chi connectivity index (χ1) is 15.8. The summed E-state index contributed by atoms with van der Waals surface area (Å²) in [4.78, 5) is 19.3. The normalized spacial score (nSPS) is 15.9. The first-order valence-corrected chi connectivity index (χ1v) is 13.0. The van der Waals surface area contributed by atoms with Gasteiger partial charge in [-0.05, 0) is 47.9 Å². The molecule has 0 spiro atoms. The van der Waals surface area contributed by atoms with Gasteiger partial charge < -0.3 is 4.90 Å². The second-order valence-corrected chi connectivity index (χ2v) is 10.5. The van der Waals surface area contributed by atoms with E-state index in [0.29, 0.717) is 38.2 Å². The van der Waals surface area contributed by atoms with Crippen molar-refractivity contribution in [2.45, 2.75) is 19.3 Å². The van der Waals surface area contributed by atoms with Gasteiger partial charge in [0.05, 0.1) is 6.26 Å². The Hall–Kier alpha value is -3.03. The Morgan fingerprint density at radius 3 is 2.18 bits per heavy atom. The van der Waals surface area contributed by atoms with Gasteiger partial charge in [-0.2, -0.15) is 4.31 Å². The van der Waals surface area contributed by atoms with Crippen LogP contribution in [0.2, 0.25) is 0 Å². The van der Waals surface area contributed by atoms with Crippen LogP contribution in [0.25, 0.3) is 0 Å². The zero-order valence-corrected chi connectivity index (χ0v) is 19.8. The van der Waals surface area contributed by atoms with Gasteiger partial charge in [0.25, 0.3) is 0 Å². The highest BCUT2D eigenvalue weighted by Crippen LogP contribution is 2.33. The highest BCUT2D eigenvalue weighted by atomic mass is 32.2. The van der Waals surface area contributed by atoms with Crippen LogP contribution in [0, 0.1) is 6.92 Å². The number of carbonyl (C=O) groups is 1. The average molecular weight is 464 g/mol. The zero-order chi connectivity index (χ0) is 23.4. The number of pyridine rings is 1. The van der Waals surface area contributed by atoms with Gasteiger partial charge >= 0.3 is 0 Å². The fraction of sp³-hybridized carbons (Fsp3) is 0.308. The molecule has 4 rings (SSSR count). The summed E-state index contributed by atoms with van der Waals surface area (Å²) in [6, 6.07) is 20.1. The Morgan fingerprint density at radius 2 is 1.58 bits per heavy atom. The van der Waals surface area contributed by atoms with Crippen LogP contribution < -0.4 is 4.90 Å². The number of anilines is 1. The number of benzene rings is 2. The third-order valence-electron chi connectivity index (χ3n) is 6.32. The number of sulfonamides is 1. The molecule has 0 radical (unpaired) electrons. The number of hydrogen-bond acceptors (Lipinski definition) is 5. The minimum absolute atomic E-state index is 0.0528. The lowest BCUT2D eigenvalue weighted by Crippen LogP contribution is -2.48. The van der Waals surface area contributed by atoms with Gasteiger partial charge in [0.1, 0.15) is 0 Å². The lowest BCUT2D eigenvalue weighted by atomic mass is 9.84. The largest absolute Gasteiger partial charge is 0.369 e. The van der Waals surface area contributed by atoms with Crippen LogP contribution in [0.1, 0.15) is 39.4 Å². The highest BCUT2D eigenvalue weighted by Gasteiger charge is 2.24.